The van der Waals surface area contributed by atoms with Gasteiger partial charge in [-0.2, -0.15) is 0 Å². The summed E-state index contributed by atoms with van der Waals surface area (Å²) in [5, 5.41) is 0. The van der Waals surface area contributed by atoms with Gasteiger partial charge in [-0.15, -0.1) is 11.3 Å². The maximum atomic E-state index is 4.62. The van der Waals surface area contributed by atoms with Crippen molar-refractivity contribution in [3.8, 4) is 27.5 Å². The third-order valence-corrected chi connectivity index (χ3v) is 6.32. The summed E-state index contributed by atoms with van der Waals surface area (Å²) >= 11 is 1.93. The van der Waals surface area contributed by atoms with Gasteiger partial charge in [-0.1, -0.05) is 43.7 Å². The van der Waals surface area contributed by atoms with Gasteiger partial charge in [0.05, 0.1) is 5.69 Å². The van der Waals surface area contributed by atoms with Gasteiger partial charge < -0.3 is 0 Å². The zero-order chi connectivity index (χ0) is 19.5. The number of hydrogen-bond donors (Lipinski definition) is 0. The zero-order valence-electron chi connectivity index (χ0n) is 16.8. The minimum Gasteiger partial charge on any atom is -0.299 e. The smallest absolute Gasteiger partial charge is 0.144 e. The van der Waals surface area contributed by atoms with Crippen LogP contribution in [0.5, 0.6) is 0 Å². The monoisotopic (exact) mass is 386 g/mol. The quantitative estimate of drug-likeness (QED) is 0.342. The van der Waals surface area contributed by atoms with E-state index in [0.29, 0.717) is 0 Å². The van der Waals surface area contributed by atoms with Crippen LogP contribution in [0.15, 0.2) is 67.0 Å². The molecule has 142 valence electrons. The number of aryl methyl sites for hydroxylation is 3. The standard InChI is InChI=1S/C25H26N2S/c1-4-5-11-22-12-13-23(28-22)21-16-18(2)24(19(3)17-21)27-15-14-26-25(27)20-9-7-6-8-10-20/h6-10,12-17H,4-5,11H2,1-3H3. The molecule has 28 heavy (non-hydrogen) atoms. The largest absolute Gasteiger partial charge is 0.299 e. The Labute approximate surface area is 171 Å². The van der Waals surface area contributed by atoms with Crippen LogP contribution >= 0.6 is 11.3 Å². The molecule has 0 amide bonds. The van der Waals surface area contributed by atoms with Crippen LogP contribution in [0.25, 0.3) is 27.5 Å². The number of aromatic nitrogens is 2. The number of nitrogens with zero attached hydrogens (tertiary/aromatic N) is 2. The maximum Gasteiger partial charge on any atom is 0.144 e. The van der Waals surface area contributed by atoms with Crippen molar-refractivity contribution in [1.82, 2.24) is 9.55 Å². The highest BCUT2D eigenvalue weighted by molar-refractivity contribution is 7.15. The van der Waals surface area contributed by atoms with Crippen LogP contribution in [0, 0.1) is 13.8 Å². The van der Waals surface area contributed by atoms with Gasteiger partial charge in [-0.3, -0.25) is 4.57 Å². The van der Waals surface area contributed by atoms with Gasteiger partial charge in [0.1, 0.15) is 5.82 Å². The fraction of sp³-hybridized carbons (Fsp3) is 0.240. The minimum absolute atomic E-state index is 0.984. The molecule has 0 unspecified atom stereocenters. The maximum absolute atomic E-state index is 4.62. The summed E-state index contributed by atoms with van der Waals surface area (Å²) < 4.78 is 2.21. The molecular formula is C25H26N2S. The highest BCUT2D eigenvalue weighted by atomic mass is 32.1. The van der Waals surface area contributed by atoms with Gasteiger partial charge in [0.15, 0.2) is 0 Å². The van der Waals surface area contributed by atoms with Crippen molar-refractivity contribution in [3.05, 3.63) is 83.0 Å². The molecule has 0 radical (unpaired) electrons. The van der Waals surface area contributed by atoms with E-state index >= 15 is 0 Å². The Morgan fingerprint density at radius 2 is 1.68 bits per heavy atom. The lowest BCUT2D eigenvalue weighted by molar-refractivity contribution is 0.804. The molecule has 0 saturated carbocycles. The van der Waals surface area contributed by atoms with Crippen molar-refractivity contribution in [2.45, 2.75) is 40.0 Å². The Bertz CT molecular complexity index is 1050. The van der Waals surface area contributed by atoms with Crippen LogP contribution in [0.1, 0.15) is 35.8 Å². The first kappa shape index (κ1) is 18.7. The van der Waals surface area contributed by atoms with Crippen molar-refractivity contribution in [2.75, 3.05) is 0 Å². The van der Waals surface area contributed by atoms with E-state index in [1.54, 1.807) is 0 Å². The van der Waals surface area contributed by atoms with E-state index in [9.17, 15) is 0 Å². The third-order valence-electron chi connectivity index (χ3n) is 5.13. The number of unbranched alkanes of at least 4 members (excludes halogenated alkanes) is 1. The Kier molecular flexibility index (Phi) is 5.45. The Morgan fingerprint density at radius 1 is 0.929 bits per heavy atom. The number of hydrogen-bond acceptors (Lipinski definition) is 2. The molecule has 0 aliphatic rings. The molecule has 0 spiro atoms. The van der Waals surface area contributed by atoms with Crippen molar-refractivity contribution in [3.63, 3.8) is 0 Å². The normalized spacial score (nSPS) is 11.1. The van der Waals surface area contributed by atoms with Crippen LogP contribution in [0.3, 0.4) is 0 Å². The van der Waals surface area contributed by atoms with Gasteiger partial charge >= 0.3 is 0 Å². The first-order chi connectivity index (χ1) is 13.7. The van der Waals surface area contributed by atoms with Crippen LogP contribution < -0.4 is 0 Å². The van der Waals surface area contributed by atoms with Crippen molar-refractivity contribution in [2.24, 2.45) is 0 Å². The van der Waals surface area contributed by atoms with Crippen LogP contribution in [-0.2, 0) is 6.42 Å². The second-order valence-corrected chi connectivity index (χ2v) is 8.48. The number of rotatable bonds is 6. The van der Waals surface area contributed by atoms with Crippen LogP contribution in [0.4, 0.5) is 0 Å². The molecule has 3 heteroatoms. The van der Waals surface area contributed by atoms with Crippen molar-refractivity contribution < 1.29 is 0 Å². The molecule has 2 nitrogen and oxygen atoms in total. The van der Waals surface area contributed by atoms with Crippen molar-refractivity contribution >= 4 is 11.3 Å². The lowest BCUT2D eigenvalue weighted by atomic mass is 10.0. The fourth-order valence-corrected chi connectivity index (χ4v) is 4.82. The summed E-state index contributed by atoms with van der Waals surface area (Å²) in [5.41, 5.74) is 6.22. The predicted octanol–water partition coefficient (Wildman–Crippen LogP) is 7.23. The molecule has 0 saturated heterocycles. The van der Waals surface area contributed by atoms with E-state index in [1.165, 1.54) is 51.4 Å². The molecule has 2 aromatic heterocycles. The van der Waals surface area contributed by atoms with Gasteiger partial charge in [0.2, 0.25) is 0 Å². The van der Waals surface area contributed by atoms with E-state index in [2.05, 4.69) is 85.1 Å². The average molecular weight is 387 g/mol. The molecule has 2 heterocycles. The summed E-state index contributed by atoms with van der Waals surface area (Å²) in [5.74, 6) is 0.984. The summed E-state index contributed by atoms with van der Waals surface area (Å²) in [6, 6.07) is 19.6. The second kappa shape index (κ2) is 8.15. The average Bonchev–Trinajstić information content (AvgIpc) is 3.36. The molecule has 0 aliphatic carbocycles. The molecule has 0 aliphatic heterocycles. The molecule has 2 aromatic carbocycles. The Morgan fingerprint density at radius 3 is 2.39 bits per heavy atom. The summed E-state index contributed by atoms with van der Waals surface area (Å²) in [4.78, 5) is 7.47. The van der Waals surface area contributed by atoms with Crippen LogP contribution in [-0.4, -0.2) is 9.55 Å². The van der Waals surface area contributed by atoms with Gasteiger partial charge in [-0.25, -0.2) is 4.98 Å². The first-order valence-electron chi connectivity index (χ1n) is 9.97. The molecule has 0 bridgehead atoms. The summed E-state index contributed by atoms with van der Waals surface area (Å²) in [7, 11) is 0. The van der Waals surface area contributed by atoms with Gasteiger partial charge in [-0.05, 0) is 67.6 Å². The molecular weight excluding hydrogens is 360 g/mol. The van der Waals surface area contributed by atoms with Crippen molar-refractivity contribution in [1.29, 1.82) is 0 Å². The second-order valence-electron chi connectivity index (χ2n) is 7.32. The minimum atomic E-state index is 0.984. The Balaban J connectivity index is 1.72. The third kappa shape index (κ3) is 3.67. The molecule has 0 fully saturated rings. The van der Waals surface area contributed by atoms with Gasteiger partial charge in [0.25, 0.3) is 0 Å². The topological polar surface area (TPSA) is 17.8 Å². The van der Waals surface area contributed by atoms with E-state index in [0.717, 1.165) is 11.4 Å². The van der Waals surface area contributed by atoms with E-state index in [-0.39, 0.29) is 0 Å². The highest BCUT2D eigenvalue weighted by Crippen LogP contribution is 2.34. The SMILES string of the molecule is CCCCc1ccc(-c2cc(C)c(-n3ccnc3-c3ccccc3)c(C)c2)s1. The molecule has 4 rings (SSSR count). The first-order valence-corrected chi connectivity index (χ1v) is 10.8. The van der Waals surface area contributed by atoms with E-state index in [1.807, 2.05) is 23.6 Å². The molecule has 4 aromatic rings. The van der Waals surface area contributed by atoms with E-state index in [4.69, 9.17) is 0 Å². The van der Waals surface area contributed by atoms with E-state index < -0.39 is 0 Å². The predicted molar refractivity (Wildman–Crippen MR) is 120 cm³/mol. The highest BCUT2D eigenvalue weighted by Gasteiger charge is 2.14. The Hall–Kier alpha value is -2.65. The molecule has 0 atom stereocenters. The number of thiophene rings is 1. The van der Waals surface area contributed by atoms with Crippen LogP contribution in [0.2, 0.25) is 0 Å². The summed E-state index contributed by atoms with van der Waals surface area (Å²) in [6.45, 7) is 6.65. The lowest BCUT2D eigenvalue weighted by Gasteiger charge is -2.16. The molecule has 0 N–H and O–H groups in total. The zero-order valence-corrected chi connectivity index (χ0v) is 17.6. The van der Waals surface area contributed by atoms with Gasteiger partial charge in [0, 0.05) is 27.7 Å². The number of benzene rings is 2. The number of imidazole rings is 1. The lowest BCUT2D eigenvalue weighted by Crippen LogP contribution is -2.02. The fourth-order valence-electron chi connectivity index (χ4n) is 3.78. The summed E-state index contributed by atoms with van der Waals surface area (Å²) in [6.07, 6.45) is 7.64.